The highest BCUT2D eigenvalue weighted by molar-refractivity contribution is 7.91. The lowest BCUT2D eigenvalue weighted by molar-refractivity contribution is 0.0849. The molecule has 0 aliphatic heterocycles. The summed E-state index contributed by atoms with van der Waals surface area (Å²) in [4.78, 5) is 26.6. The molecule has 0 spiro atoms. The lowest BCUT2D eigenvalue weighted by Gasteiger charge is -2.08. The van der Waals surface area contributed by atoms with E-state index in [1.54, 1.807) is 0 Å². The van der Waals surface area contributed by atoms with Gasteiger partial charge in [0.05, 0.1) is 22.1 Å². The highest BCUT2D eigenvalue weighted by Gasteiger charge is 2.18. The van der Waals surface area contributed by atoms with Gasteiger partial charge in [-0.2, -0.15) is 0 Å². The molecule has 0 fully saturated rings. The second-order valence-electron chi connectivity index (χ2n) is 6.86. The van der Waals surface area contributed by atoms with Crippen LogP contribution in [0, 0.1) is 0 Å². The van der Waals surface area contributed by atoms with Gasteiger partial charge in [-0.1, -0.05) is 6.42 Å². The van der Waals surface area contributed by atoms with Crippen molar-refractivity contribution in [3.63, 3.8) is 0 Å². The van der Waals surface area contributed by atoms with Gasteiger partial charge < -0.3 is 4.74 Å². The van der Waals surface area contributed by atoms with E-state index in [0.29, 0.717) is 4.88 Å². The molecule has 29 heavy (non-hydrogen) atoms. The number of ether oxygens (including phenoxy) is 1. The Morgan fingerprint density at radius 1 is 1.03 bits per heavy atom. The quantitative estimate of drug-likeness (QED) is 0.535. The topological polar surface area (TPSA) is 102 Å². The third kappa shape index (κ3) is 5.43. The zero-order chi connectivity index (χ0) is 20.9. The zero-order valence-electron chi connectivity index (χ0n) is 16.2. The van der Waals surface area contributed by atoms with Crippen molar-refractivity contribution in [2.75, 3.05) is 19.5 Å². The van der Waals surface area contributed by atoms with E-state index in [9.17, 15) is 18.0 Å². The van der Waals surface area contributed by atoms with Gasteiger partial charge in [0.2, 0.25) is 0 Å². The molecule has 1 aliphatic rings. The van der Waals surface area contributed by atoms with Crippen LogP contribution in [0.3, 0.4) is 0 Å². The van der Waals surface area contributed by atoms with Crippen molar-refractivity contribution in [2.24, 2.45) is 0 Å². The number of hydrogen-bond donors (Lipinski definition) is 2. The van der Waals surface area contributed by atoms with Gasteiger partial charge in [0, 0.05) is 17.6 Å². The molecule has 0 saturated heterocycles. The Morgan fingerprint density at radius 3 is 2.45 bits per heavy atom. The van der Waals surface area contributed by atoms with Crippen LogP contribution in [-0.4, -0.2) is 39.7 Å². The monoisotopic (exact) mass is 436 g/mol. The molecule has 0 unspecified atom stereocenters. The fraction of sp³-hybridized carbons (Fsp3) is 0.400. The number of thiophene rings is 1. The van der Waals surface area contributed by atoms with Crippen molar-refractivity contribution in [3.05, 3.63) is 51.2 Å². The first-order chi connectivity index (χ1) is 13.9. The maximum Gasteiger partial charge on any atom is 0.279 e. The number of sulfone groups is 1. The molecule has 7 nitrogen and oxygen atoms in total. The van der Waals surface area contributed by atoms with Gasteiger partial charge in [0.15, 0.2) is 9.84 Å². The fourth-order valence-electron chi connectivity index (χ4n) is 3.15. The van der Waals surface area contributed by atoms with E-state index >= 15 is 0 Å². The van der Waals surface area contributed by atoms with Crippen LogP contribution in [0.4, 0.5) is 0 Å². The molecule has 1 aliphatic carbocycles. The summed E-state index contributed by atoms with van der Waals surface area (Å²) in [7, 11) is -2.02. The molecule has 156 valence electrons. The van der Waals surface area contributed by atoms with Crippen LogP contribution in [0.25, 0.3) is 0 Å². The molecule has 2 N–H and O–H groups in total. The van der Waals surface area contributed by atoms with Crippen molar-refractivity contribution in [1.29, 1.82) is 0 Å². The number of rotatable bonds is 6. The third-order valence-electron chi connectivity index (χ3n) is 4.79. The van der Waals surface area contributed by atoms with Crippen LogP contribution in [0.15, 0.2) is 35.2 Å². The number of aryl methyl sites for hydroxylation is 2. The zero-order valence-corrected chi connectivity index (χ0v) is 17.8. The summed E-state index contributed by atoms with van der Waals surface area (Å²) in [5.41, 5.74) is 6.29. The largest absolute Gasteiger partial charge is 0.384 e. The molecule has 2 amide bonds. The average molecular weight is 437 g/mol. The summed E-state index contributed by atoms with van der Waals surface area (Å²) in [6.07, 6.45) is 5.48. The van der Waals surface area contributed by atoms with Gasteiger partial charge in [-0.05, 0) is 61.6 Å². The Labute approximate surface area is 174 Å². The highest BCUT2D eigenvalue weighted by atomic mass is 32.2. The van der Waals surface area contributed by atoms with Crippen LogP contribution in [0.5, 0.6) is 0 Å². The predicted molar refractivity (Wildman–Crippen MR) is 111 cm³/mol. The van der Waals surface area contributed by atoms with E-state index in [1.807, 2.05) is 6.07 Å². The minimum absolute atomic E-state index is 0.1000. The van der Waals surface area contributed by atoms with E-state index in [-0.39, 0.29) is 28.7 Å². The number of methoxy groups -OCH3 is 1. The number of carbonyl (C=O) groups excluding carboxylic acids is 2. The molecule has 1 heterocycles. The summed E-state index contributed by atoms with van der Waals surface area (Å²) in [5, 5.41) is 0. The Hall–Kier alpha value is -2.23. The highest BCUT2D eigenvalue weighted by Crippen LogP contribution is 2.28. The van der Waals surface area contributed by atoms with Gasteiger partial charge in [-0.15, -0.1) is 11.3 Å². The van der Waals surface area contributed by atoms with Crippen LogP contribution in [0.2, 0.25) is 0 Å². The first-order valence-corrected chi connectivity index (χ1v) is 11.9. The molecule has 0 bridgehead atoms. The number of benzene rings is 1. The van der Waals surface area contributed by atoms with Crippen molar-refractivity contribution >= 4 is 33.0 Å². The van der Waals surface area contributed by atoms with Gasteiger partial charge in [0.25, 0.3) is 11.8 Å². The number of fused-ring (bicyclic) bond motifs is 1. The van der Waals surface area contributed by atoms with Crippen molar-refractivity contribution in [1.82, 2.24) is 10.9 Å². The minimum atomic E-state index is -3.46. The third-order valence-corrected chi connectivity index (χ3v) is 7.72. The molecule has 3 rings (SSSR count). The number of hydrogen-bond acceptors (Lipinski definition) is 6. The van der Waals surface area contributed by atoms with Gasteiger partial charge in [-0.25, -0.2) is 8.42 Å². The Bertz CT molecular complexity index is 957. The molecule has 1 aromatic heterocycles. The van der Waals surface area contributed by atoms with Crippen molar-refractivity contribution < 1.29 is 22.7 Å². The average Bonchev–Trinajstić information content (AvgIpc) is 3.01. The number of hydrazine groups is 1. The second-order valence-corrected chi connectivity index (χ2v) is 10.1. The molecule has 0 saturated carbocycles. The number of carbonyl (C=O) groups is 2. The van der Waals surface area contributed by atoms with Gasteiger partial charge in [-0.3, -0.25) is 20.4 Å². The van der Waals surface area contributed by atoms with Crippen LogP contribution in [0.1, 0.15) is 49.7 Å². The van der Waals surface area contributed by atoms with Crippen molar-refractivity contribution in [2.45, 2.75) is 37.0 Å². The van der Waals surface area contributed by atoms with Crippen molar-refractivity contribution in [3.8, 4) is 0 Å². The summed E-state index contributed by atoms with van der Waals surface area (Å²) in [5.74, 6) is -0.997. The first kappa shape index (κ1) is 21.5. The molecule has 9 heteroatoms. The molecule has 0 atom stereocenters. The van der Waals surface area contributed by atoms with Crippen LogP contribution < -0.4 is 10.9 Å². The number of nitrogens with one attached hydrogen (secondary N) is 2. The van der Waals surface area contributed by atoms with E-state index in [4.69, 9.17) is 4.74 Å². The minimum Gasteiger partial charge on any atom is -0.384 e. The SMILES string of the molecule is COCCS(=O)(=O)c1ccc(C(=O)NNC(=O)c2cc3c(s2)CCCCC3)cc1. The molecular formula is C20H24N2O5S2. The standard InChI is InChI=1S/C20H24N2O5S2/c1-27-11-12-29(25,26)16-9-7-14(8-10-16)19(23)21-22-20(24)18-13-15-5-3-2-4-6-17(15)28-18/h7-10,13H,2-6,11-12H2,1H3,(H,21,23)(H,22,24). The van der Waals surface area contributed by atoms with Crippen LogP contribution >= 0.6 is 11.3 Å². The molecular weight excluding hydrogens is 412 g/mol. The van der Waals surface area contributed by atoms with E-state index in [2.05, 4.69) is 10.9 Å². The Balaban J connectivity index is 1.58. The molecule has 1 aromatic carbocycles. The second kappa shape index (κ2) is 9.51. The summed E-state index contributed by atoms with van der Waals surface area (Å²) in [6.45, 7) is 0.1000. The maximum absolute atomic E-state index is 12.4. The Morgan fingerprint density at radius 2 is 1.72 bits per heavy atom. The lowest BCUT2D eigenvalue weighted by atomic mass is 10.1. The summed E-state index contributed by atoms with van der Waals surface area (Å²) in [6, 6.07) is 7.48. The lowest BCUT2D eigenvalue weighted by Crippen LogP contribution is -2.41. The summed E-state index contributed by atoms with van der Waals surface area (Å²) >= 11 is 1.48. The van der Waals surface area contributed by atoms with Crippen LogP contribution in [-0.2, 0) is 27.4 Å². The normalized spacial score (nSPS) is 14.0. The number of amides is 2. The van der Waals surface area contributed by atoms with Gasteiger partial charge >= 0.3 is 0 Å². The fourth-order valence-corrected chi connectivity index (χ4v) is 5.47. The van der Waals surface area contributed by atoms with E-state index < -0.39 is 15.7 Å². The molecule has 2 aromatic rings. The summed E-state index contributed by atoms with van der Waals surface area (Å²) < 4.78 is 29.0. The molecule has 0 radical (unpaired) electrons. The first-order valence-electron chi connectivity index (χ1n) is 9.45. The Kier molecular flexibility index (Phi) is 7.05. The van der Waals surface area contributed by atoms with Gasteiger partial charge in [0.1, 0.15) is 0 Å². The van der Waals surface area contributed by atoms with E-state index in [0.717, 1.165) is 25.7 Å². The predicted octanol–water partition coefficient (Wildman–Crippen LogP) is 2.51. The maximum atomic E-state index is 12.4. The van der Waals surface area contributed by atoms with E-state index in [1.165, 1.54) is 59.6 Å². The smallest absolute Gasteiger partial charge is 0.279 e.